The van der Waals surface area contributed by atoms with Crippen molar-refractivity contribution in [2.75, 3.05) is 13.7 Å². The molecule has 0 amide bonds. The molecule has 0 spiro atoms. The van der Waals surface area contributed by atoms with Gasteiger partial charge in [0.15, 0.2) is 0 Å². The number of hydrogen-bond acceptors (Lipinski definition) is 4. The molecule has 0 saturated carbocycles. The Morgan fingerprint density at radius 1 is 1.24 bits per heavy atom. The second kappa shape index (κ2) is 7.09. The fourth-order valence-corrected chi connectivity index (χ4v) is 3.22. The van der Waals surface area contributed by atoms with Crippen molar-refractivity contribution in [3.8, 4) is 23.0 Å². The molecular weight excluding hydrogens is 316 g/mol. The monoisotopic (exact) mass is 340 g/mol. The number of ether oxygens (including phenoxy) is 2. The number of allylic oxidation sites excluding steroid dienone is 2. The first-order chi connectivity index (χ1) is 12.0. The van der Waals surface area contributed by atoms with Gasteiger partial charge in [-0.15, -0.1) is 0 Å². The van der Waals surface area contributed by atoms with Crippen molar-refractivity contribution in [3.63, 3.8) is 0 Å². The summed E-state index contributed by atoms with van der Waals surface area (Å²) in [6.45, 7) is 4.54. The molecule has 25 heavy (non-hydrogen) atoms. The standard InChI is InChI=1S/C21H24O4/c1-13(2)4-7-18-19(24-3)9-8-17(21(18)23)15-10-14-5-6-16(22)11-20(14)25-12-15/h4-6,8-9,11,15,22-23H,7,10,12H2,1-3H3. The Hall–Kier alpha value is -2.62. The molecule has 0 saturated heterocycles. The van der Waals surface area contributed by atoms with E-state index in [0.29, 0.717) is 24.5 Å². The smallest absolute Gasteiger partial charge is 0.126 e. The summed E-state index contributed by atoms with van der Waals surface area (Å²) < 4.78 is 11.2. The molecular formula is C21H24O4. The quantitative estimate of drug-likeness (QED) is 0.813. The Morgan fingerprint density at radius 2 is 2.04 bits per heavy atom. The van der Waals surface area contributed by atoms with Crippen LogP contribution >= 0.6 is 0 Å². The van der Waals surface area contributed by atoms with Gasteiger partial charge in [-0.2, -0.15) is 0 Å². The second-order valence-corrected chi connectivity index (χ2v) is 6.67. The molecule has 0 bridgehead atoms. The number of phenols is 2. The molecule has 1 aliphatic rings. The van der Waals surface area contributed by atoms with Gasteiger partial charge in [0, 0.05) is 23.1 Å². The van der Waals surface area contributed by atoms with Crippen LogP contribution in [-0.4, -0.2) is 23.9 Å². The van der Waals surface area contributed by atoms with Crippen LogP contribution in [-0.2, 0) is 12.8 Å². The van der Waals surface area contributed by atoms with Gasteiger partial charge in [0.25, 0.3) is 0 Å². The van der Waals surface area contributed by atoms with Crippen molar-refractivity contribution in [3.05, 3.63) is 58.7 Å². The number of fused-ring (bicyclic) bond motifs is 1. The van der Waals surface area contributed by atoms with E-state index in [4.69, 9.17) is 9.47 Å². The highest BCUT2D eigenvalue weighted by molar-refractivity contribution is 5.53. The minimum absolute atomic E-state index is 0.0633. The summed E-state index contributed by atoms with van der Waals surface area (Å²) in [6, 6.07) is 9.01. The van der Waals surface area contributed by atoms with Gasteiger partial charge in [-0.1, -0.05) is 23.8 Å². The van der Waals surface area contributed by atoms with Gasteiger partial charge in [0.1, 0.15) is 23.0 Å². The Balaban J connectivity index is 1.94. The van der Waals surface area contributed by atoms with Gasteiger partial charge < -0.3 is 19.7 Å². The Morgan fingerprint density at radius 3 is 2.76 bits per heavy atom. The average molecular weight is 340 g/mol. The lowest BCUT2D eigenvalue weighted by molar-refractivity contribution is 0.258. The largest absolute Gasteiger partial charge is 0.508 e. The fraction of sp³-hybridized carbons (Fsp3) is 0.333. The molecule has 0 fully saturated rings. The maximum Gasteiger partial charge on any atom is 0.126 e. The molecule has 2 N–H and O–H groups in total. The highest BCUT2D eigenvalue weighted by Crippen LogP contribution is 2.41. The van der Waals surface area contributed by atoms with E-state index in [1.165, 1.54) is 5.57 Å². The van der Waals surface area contributed by atoms with Crippen LogP contribution in [0, 0.1) is 0 Å². The molecule has 1 heterocycles. The predicted molar refractivity (Wildman–Crippen MR) is 97.8 cm³/mol. The summed E-state index contributed by atoms with van der Waals surface area (Å²) >= 11 is 0. The molecule has 2 aromatic carbocycles. The molecule has 1 atom stereocenters. The first-order valence-corrected chi connectivity index (χ1v) is 8.46. The topological polar surface area (TPSA) is 58.9 Å². The first kappa shape index (κ1) is 17.2. The third-order valence-corrected chi connectivity index (χ3v) is 4.60. The SMILES string of the molecule is COc1ccc(C2COc3cc(O)ccc3C2)c(O)c1CC=C(C)C. The molecule has 1 aliphatic heterocycles. The maximum atomic E-state index is 10.9. The zero-order valence-electron chi connectivity index (χ0n) is 14.9. The molecule has 0 aliphatic carbocycles. The number of phenolic OH excluding ortho intramolecular Hbond substituents is 2. The zero-order chi connectivity index (χ0) is 18.0. The van der Waals surface area contributed by atoms with Crippen LogP contribution in [0.1, 0.15) is 36.5 Å². The summed E-state index contributed by atoms with van der Waals surface area (Å²) in [4.78, 5) is 0. The predicted octanol–water partition coefficient (Wildman–Crippen LogP) is 4.33. The van der Waals surface area contributed by atoms with Crippen LogP contribution in [0.15, 0.2) is 42.0 Å². The number of benzene rings is 2. The lowest BCUT2D eigenvalue weighted by Gasteiger charge is -2.27. The van der Waals surface area contributed by atoms with Crippen LogP contribution in [0.3, 0.4) is 0 Å². The van der Waals surface area contributed by atoms with Gasteiger partial charge in [-0.3, -0.25) is 0 Å². The normalized spacial score (nSPS) is 15.9. The van der Waals surface area contributed by atoms with E-state index < -0.39 is 0 Å². The highest BCUT2D eigenvalue weighted by atomic mass is 16.5. The Kier molecular flexibility index (Phi) is 4.88. The lowest BCUT2D eigenvalue weighted by Crippen LogP contribution is -2.19. The van der Waals surface area contributed by atoms with Crippen molar-refractivity contribution in [1.29, 1.82) is 0 Å². The van der Waals surface area contributed by atoms with Crippen LogP contribution in [0.4, 0.5) is 0 Å². The third kappa shape index (κ3) is 3.58. The van der Waals surface area contributed by atoms with Gasteiger partial charge in [0.05, 0.1) is 13.7 Å². The van der Waals surface area contributed by atoms with E-state index in [1.54, 1.807) is 19.2 Å². The first-order valence-electron chi connectivity index (χ1n) is 8.46. The average Bonchev–Trinajstić information content (AvgIpc) is 2.59. The van der Waals surface area contributed by atoms with Crippen LogP contribution < -0.4 is 9.47 Å². The van der Waals surface area contributed by atoms with Crippen molar-refractivity contribution in [2.45, 2.75) is 32.6 Å². The molecule has 1 unspecified atom stereocenters. The number of aromatic hydroxyl groups is 2. The van der Waals surface area contributed by atoms with E-state index in [0.717, 1.165) is 23.1 Å². The van der Waals surface area contributed by atoms with E-state index in [2.05, 4.69) is 6.08 Å². The number of rotatable bonds is 4. The summed E-state index contributed by atoms with van der Waals surface area (Å²) in [6.07, 6.45) is 3.47. The summed E-state index contributed by atoms with van der Waals surface area (Å²) in [7, 11) is 1.62. The van der Waals surface area contributed by atoms with Crippen molar-refractivity contribution >= 4 is 0 Å². The van der Waals surface area contributed by atoms with Crippen LogP contribution in [0.5, 0.6) is 23.0 Å². The summed E-state index contributed by atoms with van der Waals surface area (Å²) in [5.74, 6) is 1.96. The number of hydrogen-bond donors (Lipinski definition) is 2. The highest BCUT2D eigenvalue weighted by Gasteiger charge is 2.26. The lowest BCUT2D eigenvalue weighted by atomic mass is 9.88. The van der Waals surface area contributed by atoms with Gasteiger partial charge in [0.2, 0.25) is 0 Å². The molecule has 2 aromatic rings. The number of methoxy groups -OCH3 is 1. The second-order valence-electron chi connectivity index (χ2n) is 6.67. The molecule has 0 radical (unpaired) electrons. The Labute approximate surface area is 148 Å². The minimum Gasteiger partial charge on any atom is -0.508 e. The minimum atomic E-state index is 0.0633. The van der Waals surface area contributed by atoms with E-state index in [-0.39, 0.29) is 17.4 Å². The summed E-state index contributed by atoms with van der Waals surface area (Å²) in [5, 5.41) is 20.4. The van der Waals surface area contributed by atoms with E-state index in [1.807, 2.05) is 32.0 Å². The molecule has 0 aromatic heterocycles. The van der Waals surface area contributed by atoms with E-state index in [9.17, 15) is 10.2 Å². The fourth-order valence-electron chi connectivity index (χ4n) is 3.22. The third-order valence-electron chi connectivity index (χ3n) is 4.60. The van der Waals surface area contributed by atoms with Crippen LogP contribution in [0.25, 0.3) is 0 Å². The van der Waals surface area contributed by atoms with Crippen molar-refractivity contribution in [1.82, 2.24) is 0 Å². The van der Waals surface area contributed by atoms with Gasteiger partial charge in [-0.05, 0) is 44.4 Å². The molecule has 4 nitrogen and oxygen atoms in total. The Bertz CT molecular complexity index is 804. The maximum absolute atomic E-state index is 10.9. The summed E-state index contributed by atoms with van der Waals surface area (Å²) in [5.41, 5.74) is 3.91. The molecule has 3 rings (SSSR count). The molecule has 4 heteroatoms. The van der Waals surface area contributed by atoms with E-state index >= 15 is 0 Å². The van der Waals surface area contributed by atoms with Crippen LogP contribution in [0.2, 0.25) is 0 Å². The van der Waals surface area contributed by atoms with Crippen molar-refractivity contribution < 1.29 is 19.7 Å². The van der Waals surface area contributed by atoms with Crippen molar-refractivity contribution in [2.24, 2.45) is 0 Å². The zero-order valence-corrected chi connectivity index (χ0v) is 14.9. The molecule has 132 valence electrons. The van der Waals surface area contributed by atoms with Gasteiger partial charge >= 0.3 is 0 Å². The van der Waals surface area contributed by atoms with Gasteiger partial charge in [-0.25, -0.2) is 0 Å².